The van der Waals surface area contributed by atoms with Gasteiger partial charge in [-0.25, -0.2) is 0 Å². The highest BCUT2D eigenvalue weighted by Gasteiger charge is 1.98. The SMILES string of the molecule is COc1ccc(NC(N)=NCCc2cccc(OC)c2)cc1.I. The van der Waals surface area contributed by atoms with Gasteiger partial charge in [0.2, 0.25) is 0 Å². The van der Waals surface area contributed by atoms with Crippen molar-refractivity contribution in [1.29, 1.82) is 0 Å². The van der Waals surface area contributed by atoms with Crippen LogP contribution < -0.4 is 20.5 Å². The van der Waals surface area contributed by atoms with E-state index in [4.69, 9.17) is 15.2 Å². The molecule has 2 aromatic carbocycles. The van der Waals surface area contributed by atoms with Gasteiger partial charge in [0.15, 0.2) is 5.96 Å². The van der Waals surface area contributed by atoms with E-state index in [9.17, 15) is 0 Å². The number of halogens is 1. The third-order valence-corrected chi connectivity index (χ3v) is 3.18. The fraction of sp³-hybridized carbons (Fsp3) is 0.235. The molecule has 0 unspecified atom stereocenters. The van der Waals surface area contributed by atoms with Gasteiger partial charge in [-0.05, 0) is 48.4 Å². The first-order valence-corrected chi connectivity index (χ1v) is 7.05. The van der Waals surface area contributed by atoms with Crippen LogP contribution in [0.15, 0.2) is 53.5 Å². The topological polar surface area (TPSA) is 68.9 Å². The normalized spacial score (nSPS) is 10.6. The molecular weight excluding hydrogens is 405 g/mol. The van der Waals surface area contributed by atoms with Crippen molar-refractivity contribution in [2.75, 3.05) is 26.1 Å². The number of hydrogen-bond donors (Lipinski definition) is 2. The molecule has 0 spiro atoms. The Morgan fingerprint density at radius 1 is 1.04 bits per heavy atom. The molecule has 3 N–H and O–H groups in total. The fourth-order valence-corrected chi connectivity index (χ4v) is 2.00. The molecule has 0 atom stereocenters. The number of rotatable bonds is 6. The van der Waals surface area contributed by atoms with Gasteiger partial charge in [0, 0.05) is 12.2 Å². The average Bonchev–Trinajstić information content (AvgIpc) is 2.56. The molecule has 23 heavy (non-hydrogen) atoms. The Labute approximate surface area is 153 Å². The molecule has 124 valence electrons. The zero-order chi connectivity index (χ0) is 15.8. The minimum atomic E-state index is 0. The smallest absolute Gasteiger partial charge is 0.193 e. The van der Waals surface area contributed by atoms with Crippen LogP contribution in [0, 0.1) is 0 Å². The van der Waals surface area contributed by atoms with Crippen molar-refractivity contribution in [3.8, 4) is 11.5 Å². The van der Waals surface area contributed by atoms with Crippen LogP contribution in [0.1, 0.15) is 5.56 Å². The molecule has 0 radical (unpaired) electrons. The maximum atomic E-state index is 5.88. The standard InChI is InChI=1S/C17H21N3O2.HI/c1-21-15-8-6-14(7-9-15)20-17(18)19-11-10-13-4-3-5-16(12-13)22-2;/h3-9,12H,10-11H2,1-2H3,(H3,18,19,20);1H. The third kappa shape index (κ3) is 6.35. The molecule has 0 aliphatic rings. The maximum absolute atomic E-state index is 5.88. The van der Waals surface area contributed by atoms with E-state index in [0.29, 0.717) is 12.5 Å². The van der Waals surface area contributed by atoms with Crippen LogP contribution in [0.25, 0.3) is 0 Å². The van der Waals surface area contributed by atoms with E-state index in [1.165, 1.54) is 5.56 Å². The molecule has 2 rings (SSSR count). The van der Waals surface area contributed by atoms with Crippen molar-refractivity contribution < 1.29 is 9.47 Å². The van der Waals surface area contributed by atoms with E-state index < -0.39 is 0 Å². The first-order valence-electron chi connectivity index (χ1n) is 7.05. The van der Waals surface area contributed by atoms with Gasteiger partial charge in [-0.2, -0.15) is 0 Å². The van der Waals surface area contributed by atoms with E-state index in [0.717, 1.165) is 23.6 Å². The number of nitrogens with zero attached hydrogens (tertiary/aromatic N) is 1. The van der Waals surface area contributed by atoms with E-state index >= 15 is 0 Å². The lowest BCUT2D eigenvalue weighted by Crippen LogP contribution is -2.23. The molecule has 5 nitrogen and oxygen atoms in total. The Balaban J connectivity index is 0.00000264. The highest BCUT2D eigenvalue weighted by atomic mass is 127. The molecule has 0 amide bonds. The van der Waals surface area contributed by atoms with Gasteiger partial charge in [-0.1, -0.05) is 12.1 Å². The Kier molecular flexibility index (Phi) is 8.25. The van der Waals surface area contributed by atoms with Crippen LogP contribution in [0.4, 0.5) is 5.69 Å². The summed E-state index contributed by atoms with van der Waals surface area (Å²) in [7, 11) is 3.30. The Morgan fingerprint density at radius 2 is 1.74 bits per heavy atom. The van der Waals surface area contributed by atoms with Gasteiger partial charge in [0.1, 0.15) is 11.5 Å². The Hall–Kier alpha value is -1.96. The average molecular weight is 427 g/mol. The van der Waals surface area contributed by atoms with Gasteiger partial charge in [-0.15, -0.1) is 24.0 Å². The summed E-state index contributed by atoms with van der Waals surface area (Å²) in [6.07, 6.45) is 0.808. The number of hydrogen-bond acceptors (Lipinski definition) is 3. The number of aliphatic imine (C=N–C) groups is 1. The van der Waals surface area contributed by atoms with Crippen LogP contribution >= 0.6 is 24.0 Å². The minimum Gasteiger partial charge on any atom is -0.497 e. The van der Waals surface area contributed by atoms with Gasteiger partial charge in [0.05, 0.1) is 14.2 Å². The third-order valence-electron chi connectivity index (χ3n) is 3.18. The van der Waals surface area contributed by atoms with Gasteiger partial charge in [-0.3, -0.25) is 4.99 Å². The summed E-state index contributed by atoms with van der Waals surface area (Å²) in [4.78, 5) is 4.32. The lowest BCUT2D eigenvalue weighted by atomic mass is 10.1. The van der Waals surface area contributed by atoms with Crippen LogP contribution in [0.5, 0.6) is 11.5 Å². The van der Waals surface area contributed by atoms with Crippen LogP contribution in [-0.2, 0) is 6.42 Å². The Bertz CT molecular complexity index is 630. The predicted octanol–water partition coefficient (Wildman–Crippen LogP) is 3.29. The van der Waals surface area contributed by atoms with Crippen molar-refractivity contribution in [1.82, 2.24) is 0 Å². The number of ether oxygens (including phenoxy) is 2. The summed E-state index contributed by atoms with van der Waals surface area (Å²) < 4.78 is 10.3. The number of anilines is 1. The zero-order valence-electron chi connectivity index (χ0n) is 13.3. The zero-order valence-corrected chi connectivity index (χ0v) is 15.6. The van der Waals surface area contributed by atoms with Crippen molar-refractivity contribution in [2.45, 2.75) is 6.42 Å². The number of methoxy groups -OCH3 is 2. The fourth-order valence-electron chi connectivity index (χ4n) is 2.00. The summed E-state index contributed by atoms with van der Waals surface area (Å²) in [5, 5.41) is 3.05. The predicted molar refractivity (Wildman–Crippen MR) is 105 cm³/mol. The molecule has 0 aromatic heterocycles. The molecule has 2 aromatic rings. The summed E-state index contributed by atoms with van der Waals surface area (Å²) in [5.74, 6) is 2.05. The number of guanidine groups is 1. The molecular formula is C17H22IN3O2. The summed E-state index contributed by atoms with van der Waals surface area (Å²) >= 11 is 0. The molecule has 6 heteroatoms. The molecule has 0 saturated heterocycles. The summed E-state index contributed by atoms with van der Waals surface area (Å²) in [6.45, 7) is 0.613. The quantitative estimate of drug-likeness (QED) is 0.422. The van der Waals surface area contributed by atoms with Crippen molar-refractivity contribution in [3.05, 3.63) is 54.1 Å². The lowest BCUT2D eigenvalue weighted by Gasteiger charge is -2.07. The summed E-state index contributed by atoms with van der Waals surface area (Å²) in [5.41, 5.74) is 7.92. The lowest BCUT2D eigenvalue weighted by molar-refractivity contribution is 0.414. The molecule has 0 fully saturated rings. The molecule has 0 heterocycles. The van der Waals surface area contributed by atoms with Gasteiger partial charge >= 0.3 is 0 Å². The maximum Gasteiger partial charge on any atom is 0.193 e. The molecule has 0 saturated carbocycles. The molecule has 0 aliphatic heterocycles. The van der Waals surface area contributed by atoms with Crippen LogP contribution in [0.2, 0.25) is 0 Å². The van der Waals surface area contributed by atoms with E-state index in [-0.39, 0.29) is 24.0 Å². The second-order valence-electron chi connectivity index (χ2n) is 4.72. The van der Waals surface area contributed by atoms with Crippen molar-refractivity contribution in [3.63, 3.8) is 0 Å². The first-order chi connectivity index (χ1) is 10.7. The Morgan fingerprint density at radius 3 is 2.39 bits per heavy atom. The molecule has 0 aliphatic carbocycles. The van der Waals surface area contributed by atoms with E-state index in [1.54, 1.807) is 14.2 Å². The molecule has 0 bridgehead atoms. The minimum absolute atomic E-state index is 0. The van der Waals surface area contributed by atoms with E-state index in [2.05, 4.69) is 10.3 Å². The highest BCUT2D eigenvalue weighted by molar-refractivity contribution is 14.0. The first kappa shape index (κ1) is 19.1. The number of benzene rings is 2. The largest absolute Gasteiger partial charge is 0.497 e. The number of nitrogens with one attached hydrogen (secondary N) is 1. The van der Waals surface area contributed by atoms with E-state index in [1.807, 2.05) is 48.5 Å². The second-order valence-corrected chi connectivity index (χ2v) is 4.72. The van der Waals surface area contributed by atoms with Crippen molar-refractivity contribution in [2.24, 2.45) is 10.7 Å². The van der Waals surface area contributed by atoms with Gasteiger partial charge < -0.3 is 20.5 Å². The monoisotopic (exact) mass is 427 g/mol. The highest BCUT2D eigenvalue weighted by Crippen LogP contribution is 2.15. The van der Waals surface area contributed by atoms with Crippen molar-refractivity contribution >= 4 is 35.6 Å². The second kappa shape index (κ2) is 9.94. The number of nitrogens with two attached hydrogens (primary N) is 1. The van der Waals surface area contributed by atoms with Crippen LogP contribution in [-0.4, -0.2) is 26.7 Å². The van der Waals surface area contributed by atoms with Gasteiger partial charge in [0.25, 0.3) is 0 Å². The summed E-state index contributed by atoms with van der Waals surface area (Å²) in [6, 6.07) is 15.5. The van der Waals surface area contributed by atoms with Crippen LogP contribution in [0.3, 0.4) is 0 Å².